The van der Waals surface area contributed by atoms with Crippen LogP contribution in [0.15, 0.2) is 57.4 Å². The molecule has 1 N–H and O–H groups in total. The van der Waals surface area contributed by atoms with Crippen molar-refractivity contribution in [2.45, 2.75) is 20.5 Å². The Morgan fingerprint density at radius 2 is 1.91 bits per heavy atom. The van der Waals surface area contributed by atoms with Crippen molar-refractivity contribution >= 4 is 49.9 Å². The van der Waals surface area contributed by atoms with Gasteiger partial charge in [-0.2, -0.15) is 9.39 Å². The van der Waals surface area contributed by atoms with Gasteiger partial charge in [0.1, 0.15) is 12.4 Å². The Morgan fingerprint density at radius 1 is 1.15 bits per heavy atom. The number of rotatable bonds is 6. The number of aliphatic imine (C=N–C) groups is 1. The molecular formula is C23H22N4O5S2. The summed E-state index contributed by atoms with van der Waals surface area (Å²) < 4.78 is 39.7. The predicted molar refractivity (Wildman–Crippen MR) is 133 cm³/mol. The maximum atomic E-state index is 12.6. The van der Waals surface area contributed by atoms with Crippen LogP contribution in [0.2, 0.25) is 0 Å². The van der Waals surface area contributed by atoms with Gasteiger partial charge in [0.15, 0.2) is 11.5 Å². The molecule has 0 saturated carbocycles. The second-order valence-electron chi connectivity index (χ2n) is 7.53. The summed E-state index contributed by atoms with van der Waals surface area (Å²) in [4.78, 5) is 17.6. The minimum Gasteiger partial charge on any atom is -0.490 e. The number of carbonyl (C=O) groups excluding carboxylic acids is 1. The van der Waals surface area contributed by atoms with Crippen molar-refractivity contribution < 1.29 is 22.7 Å². The van der Waals surface area contributed by atoms with Crippen molar-refractivity contribution in [1.82, 2.24) is 4.90 Å². The number of fused-ring (bicyclic) bond motifs is 1. The smallest absolute Gasteiger partial charge is 0.283 e. The molecule has 0 aromatic heterocycles. The number of sulfone groups is 1. The first-order valence-corrected chi connectivity index (χ1v) is 13.0. The van der Waals surface area contributed by atoms with Crippen LogP contribution in [0.4, 0.5) is 0 Å². The molecule has 2 aromatic carbocycles. The second-order valence-corrected chi connectivity index (χ2v) is 10.2. The number of hydrogen-bond donors (Lipinski definition) is 1. The van der Waals surface area contributed by atoms with Gasteiger partial charge in [0.2, 0.25) is 20.2 Å². The number of ether oxygens (including phenoxy) is 2. The van der Waals surface area contributed by atoms with Crippen LogP contribution in [0, 0.1) is 12.3 Å². The van der Waals surface area contributed by atoms with Gasteiger partial charge in [-0.05, 0) is 48.7 Å². The average molecular weight is 499 g/mol. The summed E-state index contributed by atoms with van der Waals surface area (Å²) >= 11 is 0.752. The topological polar surface area (TPSA) is 121 Å². The third-order valence-electron chi connectivity index (χ3n) is 5.05. The molecule has 0 atom stereocenters. The van der Waals surface area contributed by atoms with E-state index in [-0.39, 0.29) is 21.7 Å². The van der Waals surface area contributed by atoms with Gasteiger partial charge in [0.05, 0.1) is 24.1 Å². The first kappa shape index (κ1) is 23.7. The van der Waals surface area contributed by atoms with E-state index in [1.54, 1.807) is 18.2 Å². The Balaban J connectivity index is 1.63. The summed E-state index contributed by atoms with van der Waals surface area (Å²) in [6.45, 7) is 4.64. The third kappa shape index (κ3) is 4.75. The van der Waals surface area contributed by atoms with Crippen molar-refractivity contribution in [2.75, 3.05) is 12.9 Å². The molecule has 34 heavy (non-hydrogen) atoms. The first-order chi connectivity index (χ1) is 16.2. The van der Waals surface area contributed by atoms with E-state index >= 15 is 0 Å². The molecule has 0 saturated heterocycles. The highest BCUT2D eigenvalue weighted by Crippen LogP contribution is 2.33. The summed E-state index contributed by atoms with van der Waals surface area (Å²) in [5.41, 5.74) is 2.69. The van der Waals surface area contributed by atoms with Gasteiger partial charge in [-0.25, -0.2) is 13.3 Å². The lowest BCUT2D eigenvalue weighted by Gasteiger charge is -2.23. The molecule has 4 rings (SSSR count). The SMILES string of the molecule is CCOc1cc(/C=C2/C(=N)N3C(=NC2=O)SN=C3S(C)(=O)=O)ccc1OCc1ccccc1C. The minimum absolute atomic E-state index is 0.0440. The number of nitrogens with one attached hydrogen (secondary N) is 1. The Labute approximate surface area is 201 Å². The zero-order valence-electron chi connectivity index (χ0n) is 18.7. The largest absolute Gasteiger partial charge is 0.490 e. The molecule has 1 amide bonds. The molecule has 0 bridgehead atoms. The highest BCUT2D eigenvalue weighted by molar-refractivity contribution is 8.16. The van der Waals surface area contributed by atoms with Crippen molar-refractivity contribution in [3.8, 4) is 11.5 Å². The molecule has 2 aliphatic rings. The van der Waals surface area contributed by atoms with Crippen LogP contribution in [0.25, 0.3) is 6.08 Å². The molecule has 176 valence electrons. The Morgan fingerprint density at radius 3 is 2.62 bits per heavy atom. The maximum absolute atomic E-state index is 12.6. The Bertz CT molecular complexity index is 1380. The average Bonchev–Trinajstić information content (AvgIpc) is 3.22. The van der Waals surface area contributed by atoms with E-state index in [1.165, 1.54) is 6.08 Å². The lowest BCUT2D eigenvalue weighted by atomic mass is 10.1. The van der Waals surface area contributed by atoms with E-state index in [2.05, 4.69) is 9.39 Å². The quantitative estimate of drug-likeness (QED) is 0.477. The van der Waals surface area contributed by atoms with Crippen LogP contribution in [-0.2, 0) is 21.2 Å². The first-order valence-electron chi connectivity index (χ1n) is 10.3. The minimum atomic E-state index is -3.71. The van der Waals surface area contributed by atoms with Gasteiger partial charge in [-0.15, -0.1) is 0 Å². The summed E-state index contributed by atoms with van der Waals surface area (Å²) in [6, 6.07) is 13.1. The van der Waals surface area contributed by atoms with Crippen molar-refractivity contribution in [2.24, 2.45) is 9.39 Å². The van der Waals surface area contributed by atoms with Gasteiger partial charge in [0, 0.05) is 6.26 Å². The number of aryl methyl sites for hydroxylation is 1. The lowest BCUT2D eigenvalue weighted by Crippen LogP contribution is -2.45. The standard InChI is InChI=1S/C23H22N4O5S2/c1-4-31-19-12-15(9-10-18(19)32-13-16-8-6-5-7-14(16)2)11-17-20(24)27-22(25-21(17)28)33-26-23(27)34(3,29)30/h5-12,24H,4,13H2,1-3H3/b17-11-,24-20?. The fourth-order valence-electron chi connectivity index (χ4n) is 3.33. The molecule has 11 heteroatoms. The zero-order chi connectivity index (χ0) is 24.5. The van der Waals surface area contributed by atoms with Crippen LogP contribution in [0.1, 0.15) is 23.6 Å². The van der Waals surface area contributed by atoms with Gasteiger partial charge < -0.3 is 9.47 Å². The van der Waals surface area contributed by atoms with E-state index in [9.17, 15) is 13.2 Å². The summed E-state index contributed by atoms with van der Waals surface area (Å²) in [5.74, 6) is 0.0770. The summed E-state index contributed by atoms with van der Waals surface area (Å²) in [6.07, 6.45) is 2.47. The summed E-state index contributed by atoms with van der Waals surface area (Å²) in [7, 11) is -3.71. The highest BCUT2D eigenvalue weighted by Gasteiger charge is 2.41. The molecular weight excluding hydrogens is 476 g/mol. The van der Waals surface area contributed by atoms with Gasteiger partial charge in [0.25, 0.3) is 5.91 Å². The predicted octanol–water partition coefficient (Wildman–Crippen LogP) is 3.59. The zero-order valence-corrected chi connectivity index (χ0v) is 20.4. The van der Waals surface area contributed by atoms with Crippen molar-refractivity contribution in [3.05, 3.63) is 64.7 Å². The lowest BCUT2D eigenvalue weighted by molar-refractivity contribution is -0.114. The van der Waals surface area contributed by atoms with E-state index in [0.29, 0.717) is 30.3 Å². The van der Waals surface area contributed by atoms with Crippen molar-refractivity contribution in [3.63, 3.8) is 0 Å². The van der Waals surface area contributed by atoms with Crippen molar-refractivity contribution in [1.29, 1.82) is 5.41 Å². The Hall–Kier alpha value is -3.44. The van der Waals surface area contributed by atoms with Crippen LogP contribution in [0.5, 0.6) is 11.5 Å². The number of hydrogen-bond acceptors (Lipinski definition) is 8. The van der Waals surface area contributed by atoms with E-state index in [4.69, 9.17) is 14.9 Å². The number of nitrogens with zero attached hydrogens (tertiary/aromatic N) is 3. The molecule has 0 unspecified atom stereocenters. The number of amidine groups is 3. The number of benzene rings is 2. The van der Waals surface area contributed by atoms with Gasteiger partial charge in [-0.3, -0.25) is 10.2 Å². The Kier molecular flexibility index (Phi) is 6.58. The van der Waals surface area contributed by atoms with E-state index in [0.717, 1.165) is 34.2 Å². The van der Waals surface area contributed by atoms with Crippen LogP contribution in [-0.4, -0.2) is 48.3 Å². The third-order valence-corrected chi connectivity index (χ3v) is 6.80. The normalized spacial score (nSPS) is 16.9. The van der Waals surface area contributed by atoms with E-state index < -0.39 is 15.7 Å². The highest BCUT2D eigenvalue weighted by atomic mass is 32.2. The fourth-order valence-corrected chi connectivity index (χ4v) is 5.18. The maximum Gasteiger partial charge on any atom is 0.283 e. The molecule has 0 spiro atoms. The molecule has 2 aliphatic heterocycles. The molecule has 0 fully saturated rings. The molecule has 9 nitrogen and oxygen atoms in total. The van der Waals surface area contributed by atoms with Crippen LogP contribution < -0.4 is 9.47 Å². The molecule has 0 aliphatic carbocycles. The number of amides is 1. The van der Waals surface area contributed by atoms with Crippen LogP contribution in [0.3, 0.4) is 0 Å². The van der Waals surface area contributed by atoms with Gasteiger partial charge in [-0.1, -0.05) is 30.3 Å². The molecule has 0 radical (unpaired) electrons. The molecule has 2 heterocycles. The fraction of sp³-hybridized carbons (Fsp3) is 0.217. The second kappa shape index (κ2) is 9.43. The number of carbonyl (C=O) groups is 1. The van der Waals surface area contributed by atoms with Gasteiger partial charge >= 0.3 is 0 Å². The monoisotopic (exact) mass is 498 g/mol. The van der Waals surface area contributed by atoms with Crippen LogP contribution >= 0.6 is 11.9 Å². The van der Waals surface area contributed by atoms with E-state index in [1.807, 2.05) is 38.1 Å². The summed E-state index contributed by atoms with van der Waals surface area (Å²) in [5, 5.41) is 8.18. The molecule has 2 aromatic rings.